The zero-order valence-electron chi connectivity index (χ0n) is 11.8. The molecule has 7 heteroatoms. The van der Waals surface area contributed by atoms with Gasteiger partial charge in [0.25, 0.3) is 0 Å². The van der Waals surface area contributed by atoms with Crippen molar-refractivity contribution in [3.63, 3.8) is 0 Å². The van der Waals surface area contributed by atoms with Gasteiger partial charge in [0.1, 0.15) is 0 Å². The summed E-state index contributed by atoms with van der Waals surface area (Å²) in [7, 11) is -2.25. The Balaban J connectivity index is 2.77. The van der Waals surface area contributed by atoms with E-state index >= 15 is 0 Å². The zero-order chi connectivity index (χ0) is 15.3. The average Bonchev–Trinajstić information content (AvgIpc) is 2.38. The fourth-order valence-corrected chi connectivity index (χ4v) is 2.89. The van der Waals surface area contributed by atoms with Gasteiger partial charge in [-0.15, -0.1) is 0 Å². The quantitative estimate of drug-likeness (QED) is 0.841. The second-order valence-electron chi connectivity index (χ2n) is 4.59. The summed E-state index contributed by atoms with van der Waals surface area (Å²) in [5.74, 6) is -0.303. The number of nitrogens with zero attached hydrogens (tertiary/aromatic N) is 1. The molecule has 1 aromatic carbocycles. The highest BCUT2D eigenvalue weighted by Crippen LogP contribution is 2.17. The van der Waals surface area contributed by atoms with Crippen LogP contribution in [0, 0.1) is 0 Å². The maximum atomic E-state index is 12.3. The van der Waals surface area contributed by atoms with Gasteiger partial charge in [-0.3, -0.25) is 4.79 Å². The largest absolute Gasteiger partial charge is 0.353 e. The lowest BCUT2D eigenvalue weighted by Crippen LogP contribution is -2.41. The first-order chi connectivity index (χ1) is 9.27. The molecular formula is C13H19BrN2O3S. The van der Waals surface area contributed by atoms with Crippen molar-refractivity contribution in [1.29, 1.82) is 0 Å². The molecule has 0 fully saturated rings. The van der Waals surface area contributed by atoms with E-state index in [0.717, 1.165) is 15.2 Å². The van der Waals surface area contributed by atoms with Crippen molar-refractivity contribution in [1.82, 2.24) is 9.62 Å². The van der Waals surface area contributed by atoms with Crippen LogP contribution >= 0.6 is 15.9 Å². The molecule has 0 saturated carbocycles. The van der Waals surface area contributed by atoms with Gasteiger partial charge >= 0.3 is 0 Å². The summed E-state index contributed by atoms with van der Waals surface area (Å²) in [5.41, 5.74) is 0. The monoisotopic (exact) mass is 362 g/mol. The van der Waals surface area contributed by atoms with Gasteiger partial charge in [-0.05, 0) is 37.6 Å². The van der Waals surface area contributed by atoms with Crippen molar-refractivity contribution < 1.29 is 13.2 Å². The van der Waals surface area contributed by atoms with E-state index in [4.69, 9.17) is 0 Å². The number of halogens is 1. The van der Waals surface area contributed by atoms with E-state index in [1.165, 1.54) is 19.2 Å². The molecule has 1 rings (SSSR count). The number of hydrogen-bond donors (Lipinski definition) is 1. The number of hydrogen-bond acceptors (Lipinski definition) is 3. The first-order valence-corrected chi connectivity index (χ1v) is 8.52. The van der Waals surface area contributed by atoms with E-state index in [1.54, 1.807) is 12.1 Å². The molecule has 0 aromatic heterocycles. The minimum atomic E-state index is -3.64. The van der Waals surface area contributed by atoms with Crippen LogP contribution in [0.2, 0.25) is 0 Å². The minimum absolute atomic E-state index is 0.0336. The Bertz CT molecular complexity index is 557. The molecule has 0 unspecified atom stereocenters. The Labute approximate surface area is 128 Å². The molecule has 0 bridgehead atoms. The molecule has 1 amide bonds. The third-order valence-electron chi connectivity index (χ3n) is 2.91. The van der Waals surface area contributed by atoms with Crippen molar-refractivity contribution >= 4 is 31.9 Å². The molecule has 1 N–H and O–H groups in total. The number of nitrogens with one attached hydrogen (secondary N) is 1. The maximum absolute atomic E-state index is 12.3. The van der Waals surface area contributed by atoms with Gasteiger partial charge in [-0.25, -0.2) is 8.42 Å². The normalized spacial score (nSPS) is 13.2. The predicted octanol–water partition coefficient (Wildman–Crippen LogP) is 1.98. The van der Waals surface area contributed by atoms with E-state index in [9.17, 15) is 13.2 Å². The van der Waals surface area contributed by atoms with Crippen LogP contribution in [0.3, 0.4) is 0 Å². The number of rotatable bonds is 6. The Morgan fingerprint density at radius 3 is 2.40 bits per heavy atom. The third-order valence-corrected chi connectivity index (χ3v) is 5.25. The van der Waals surface area contributed by atoms with Crippen molar-refractivity contribution in [2.45, 2.75) is 31.2 Å². The van der Waals surface area contributed by atoms with E-state index in [2.05, 4.69) is 21.2 Å². The fourth-order valence-electron chi connectivity index (χ4n) is 1.50. The predicted molar refractivity (Wildman–Crippen MR) is 81.9 cm³/mol. The summed E-state index contributed by atoms with van der Waals surface area (Å²) < 4.78 is 26.4. The number of amides is 1. The number of sulfonamides is 1. The van der Waals surface area contributed by atoms with E-state index in [-0.39, 0.29) is 23.4 Å². The molecular weight excluding hydrogens is 344 g/mol. The highest BCUT2D eigenvalue weighted by molar-refractivity contribution is 9.10. The zero-order valence-corrected chi connectivity index (χ0v) is 14.2. The van der Waals surface area contributed by atoms with Crippen molar-refractivity contribution in [2.24, 2.45) is 0 Å². The topological polar surface area (TPSA) is 66.5 Å². The van der Waals surface area contributed by atoms with Gasteiger partial charge in [0.15, 0.2) is 0 Å². The summed E-state index contributed by atoms with van der Waals surface area (Å²) in [6, 6.07) is 6.34. The maximum Gasteiger partial charge on any atom is 0.243 e. The van der Waals surface area contributed by atoms with Crippen LogP contribution in [0.4, 0.5) is 0 Å². The Kier molecular flexibility index (Phi) is 6.16. The summed E-state index contributed by atoms with van der Waals surface area (Å²) >= 11 is 3.25. The smallest absolute Gasteiger partial charge is 0.243 e. The van der Waals surface area contributed by atoms with Gasteiger partial charge < -0.3 is 5.32 Å². The summed E-state index contributed by atoms with van der Waals surface area (Å²) in [5, 5.41) is 2.74. The number of carbonyl (C=O) groups excluding carboxylic acids is 1. The lowest BCUT2D eigenvalue weighted by atomic mass is 10.2. The highest BCUT2D eigenvalue weighted by atomic mass is 79.9. The van der Waals surface area contributed by atoms with Gasteiger partial charge in [-0.1, -0.05) is 22.9 Å². The first-order valence-electron chi connectivity index (χ1n) is 6.28. The lowest BCUT2D eigenvalue weighted by Gasteiger charge is -2.18. The van der Waals surface area contributed by atoms with Gasteiger partial charge in [-0.2, -0.15) is 4.31 Å². The average molecular weight is 363 g/mol. The molecule has 0 heterocycles. The molecule has 112 valence electrons. The van der Waals surface area contributed by atoms with Crippen molar-refractivity contribution in [3.8, 4) is 0 Å². The lowest BCUT2D eigenvalue weighted by molar-refractivity contribution is -0.121. The van der Waals surface area contributed by atoms with Gasteiger partial charge in [0, 0.05) is 17.6 Å². The van der Waals surface area contributed by atoms with Crippen LogP contribution in [-0.2, 0) is 14.8 Å². The number of benzene rings is 1. The Morgan fingerprint density at radius 2 is 1.90 bits per heavy atom. The molecule has 0 aliphatic carbocycles. The minimum Gasteiger partial charge on any atom is -0.353 e. The summed E-state index contributed by atoms with van der Waals surface area (Å²) in [6.45, 7) is 3.64. The van der Waals surface area contributed by atoms with E-state index in [1.807, 2.05) is 13.8 Å². The second-order valence-corrected chi connectivity index (χ2v) is 7.55. The van der Waals surface area contributed by atoms with Crippen LogP contribution in [-0.4, -0.2) is 38.3 Å². The van der Waals surface area contributed by atoms with Crippen LogP contribution in [0.15, 0.2) is 33.6 Å². The Hall–Kier alpha value is -0.920. The standard InChI is InChI=1S/C13H19BrN2O3S/c1-4-10(2)15-13(17)9-16(3)20(18,19)12-7-5-11(14)6-8-12/h5-8,10H,4,9H2,1-3H3,(H,15,17)/t10-/m1/s1. The molecule has 0 saturated heterocycles. The van der Waals surface area contributed by atoms with Crippen molar-refractivity contribution in [3.05, 3.63) is 28.7 Å². The second kappa shape index (κ2) is 7.19. The van der Waals surface area contributed by atoms with Crippen LogP contribution in [0.1, 0.15) is 20.3 Å². The molecule has 0 aliphatic rings. The first kappa shape index (κ1) is 17.1. The van der Waals surface area contributed by atoms with Gasteiger partial charge in [0.2, 0.25) is 15.9 Å². The Morgan fingerprint density at radius 1 is 1.35 bits per heavy atom. The molecule has 0 radical (unpaired) electrons. The molecule has 1 aromatic rings. The van der Waals surface area contributed by atoms with E-state index in [0.29, 0.717) is 0 Å². The molecule has 1 atom stereocenters. The van der Waals surface area contributed by atoms with Crippen LogP contribution < -0.4 is 5.32 Å². The molecule has 5 nitrogen and oxygen atoms in total. The third kappa shape index (κ3) is 4.57. The fraction of sp³-hybridized carbons (Fsp3) is 0.462. The van der Waals surface area contributed by atoms with E-state index < -0.39 is 10.0 Å². The molecule has 20 heavy (non-hydrogen) atoms. The SMILES string of the molecule is CC[C@@H](C)NC(=O)CN(C)S(=O)(=O)c1ccc(Br)cc1. The van der Waals surface area contributed by atoms with Crippen molar-refractivity contribution in [2.75, 3.05) is 13.6 Å². The number of carbonyl (C=O) groups is 1. The molecule has 0 aliphatic heterocycles. The summed E-state index contributed by atoms with van der Waals surface area (Å²) in [6.07, 6.45) is 0.801. The van der Waals surface area contributed by atoms with Gasteiger partial charge in [0.05, 0.1) is 11.4 Å². The van der Waals surface area contributed by atoms with Crippen LogP contribution in [0.5, 0.6) is 0 Å². The molecule has 0 spiro atoms. The number of likely N-dealkylation sites (N-methyl/N-ethyl adjacent to an activating group) is 1. The highest BCUT2D eigenvalue weighted by Gasteiger charge is 2.23. The van der Waals surface area contributed by atoms with Crippen LogP contribution in [0.25, 0.3) is 0 Å². The summed E-state index contributed by atoms with van der Waals surface area (Å²) in [4.78, 5) is 11.9.